The molecule has 6 aromatic carbocycles. The van der Waals surface area contributed by atoms with Gasteiger partial charge in [0.25, 0.3) is 0 Å². The first kappa shape index (κ1) is 23.4. The summed E-state index contributed by atoms with van der Waals surface area (Å²) in [5.74, 6) is 0. The van der Waals surface area contributed by atoms with Crippen molar-refractivity contribution < 1.29 is 0 Å². The highest BCUT2D eigenvalue weighted by Gasteiger charge is 2.18. The van der Waals surface area contributed by atoms with Crippen LogP contribution in [0.3, 0.4) is 0 Å². The van der Waals surface area contributed by atoms with Gasteiger partial charge in [-0.1, -0.05) is 133 Å². The zero-order chi connectivity index (χ0) is 26.5. The van der Waals surface area contributed by atoms with Gasteiger partial charge in [0.15, 0.2) is 0 Å². The number of fused-ring (bicyclic) bond motifs is 4. The highest BCUT2D eigenvalue weighted by molar-refractivity contribution is 7.26. The van der Waals surface area contributed by atoms with Gasteiger partial charge in [0.05, 0.1) is 0 Å². The largest absolute Gasteiger partial charge is 0.135 e. The van der Waals surface area contributed by atoms with Gasteiger partial charge in [-0.3, -0.25) is 0 Å². The topological polar surface area (TPSA) is 0 Å². The fourth-order valence-corrected chi connectivity index (χ4v) is 8.28. The van der Waals surface area contributed by atoms with Gasteiger partial charge >= 0.3 is 0 Å². The third-order valence-electron chi connectivity index (χ3n) is 7.72. The first-order valence-electron chi connectivity index (χ1n) is 13.5. The number of hydrogen-bond donors (Lipinski definition) is 0. The van der Waals surface area contributed by atoms with Crippen molar-refractivity contribution in [3.05, 3.63) is 146 Å². The average Bonchev–Trinajstić information content (AvgIpc) is 3.60. The molecule has 188 valence electrons. The van der Waals surface area contributed by atoms with Crippen molar-refractivity contribution in [1.82, 2.24) is 0 Å². The van der Waals surface area contributed by atoms with E-state index in [1.165, 1.54) is 74.1 Å². The minimum absolute atomic E-state index is 1.25. The summed E-state index contributed by atoms with van der Waals surface area (Å²) in [5, 5.41) is 5.30. The van der Waals surface area contributed by atoms with E-state index in [0.29, 0.717) is 0 Å². The van der Waals surface area contributed by atoms with Crippen molar-refractivity contribution in [3.63, 3.8) is 0 Å². The standard InChI is InChI=1S/C38H24S2/c1-3-11-25(12-4-1)27-19-21-30-31-22-20-28(24-36(31)39-35(30)23-27)37-33-17-9-10-18-34(33)38(40-37)32-16-8-7-15-29(32)26-13-5-2-6-14-26/h1-24H. The van der Waals surface area contributed by atoms with E-state index in [-0.39, 0.29) is 0 Å². The maximum absolute atomic E-state index is 2.40. The second-order valence-electron chi connectivity index (χ2n) is 10.1. The molecule has 0 aliphatic carbocycles. The summed E-state index contributed by atoms with van der Waals surface area (Å²) in [4.78, 5) is 2.66. The van der Waals surface area contributed by atoms with Crippen LogP contribution in [0.25, 0.3) is 74.1 Å². The molecule has 0 radical (unpaired) electrons. The molecule has 0 N–H and O–H groups in total. The van der Waals surface area contributed by atoms with E-state index in [4.69, 9.17) is 0 Å². The highest BCUT2D eigenvalue weighted by Crippen LogP contribution is 2.48. The molecule has 40 heavy (non-hydrogen) atoms. The summed E-state index contributed by atoms with van der Waals surface area (Å²) >= 11 is 3.80. The molecule has 0 saturated heterocycles. The summed E-state index contributed by atoms with van der Waals surface area (Å²) in [5.41, 5.74) is 7.63. The van der Waals surface area contributed by atoms with Gasteiger partial charge < -0.3 is 0 Å². The molecule has 0 spiro atoms. The molecule has 8 aromatic rings. The fraction of sp³-hybridized carbons (Fsp3) is 0. The lowest BCUT2D eigenvalue weighted by atomic mass is 9.96. The Morgan fingerprint density at radius 1 is 0.300 bits per heavy atom. The molecule has 0 bridgehead atoms. The Morgan fingerprint density at radius 2 is 0.825 bits per heavy atom. The van der Waals surface area contributed by atoms with E-state index in [0.717, 1.165) is 0 Å². The first-order valence-corrected chi connectivity index (χ1v) is 15.2. The van der Waals surface area contributed by atoms with E-state index >= 15 is 0 Å². The van der Waals surface area contributed by atoms with Crippen LogP contribution in [0.4, 0.5) is 0 Å². The van der Waals surface area contributed by atoms with Gasteiger partial charge in [0.2, 0.25) is 0 Å². The van der Waals surface area contributed by atoms with Gasteiger partial charge in [0, 0.05) is 46.3 Å². The molecular weight excluding hydrogens is 521 g/mol. The van der Waals surface area contributed by atoms with Crippen molar-refractivity contribution in [1.29, 1.82) is 0 Å². The third-order valence-corrected chi connectivity index (χ3v) is 10.1. The molecule has 2 heterocycles. The molecule has 8 rings (SSSR count). The van der Waals surface area contributed by atoms with Gasteiger partial charge in [-0.15, -0.1) is 22.7 Å². The van der Waals surface area contributed by atoms with Crippen LogP contribution >= 0.6 is 22.7 Å². The summed E-state index contributed by atoms with van der Waals surface area (Å²) in [6.45, 7) is 0. The first-order chi connectivity index (χ1) is 19.8. The maximum Gasteiger partial charge on any atom is 0.0434 e. The summed E-state index contributed by atoms with van der Waals surface area (Å²) in [6, 6.07) is 52.9. The van der Waals surface area contributed by atoms with Crippen LogP contribution in [0.5, 0.6) is 0 Å². The number of thiophene rings is 2. The van der Waals surface area contributed by atoms with Crippen molar-refractivity contribution in [2.45, 2.75) is 0 Å². The van der Waals surface area contributed by atoms with Crippen LogP contribution in [0.1, 0.15) is 0 Å². The van der Waals surface area contributed by atoms with Crippen LogP contribution in [0.2, 0.25) is 0 Å². The quantitative estimate of drug-likeness (QED) is 0.207. The Morgan fingerprint density at radius 3 is 1.52 bits per heavy atom. The normalized spacial score (nSPS) is 11.5. The van der Waals surface area contributed by atoms with Gasteiger partial charge in [-0.2, -0.15) is 0 Å². The Labute approximate surface area is 241 Å². The Bertz CT molecular complexity index is 2150. The monoisotopic (exact) mass is 544 g/mol. The third kappa shape index (κ3) is 3.88. The smallest absolute Gasteiger partial charge is 0.0434 e. The fourth-order valence-electron chi connectivity index (χ4n) is 5.78. The zero-order valence-electron chi connectivity index (χ0n) is 21.7. The molecule has 0 nitrogen and oxygen atoms in total. The Hall–Kier alpha value is -4.50. The van der Waals surface area contributed by atoms with Crippen molar-refractivity contribution in [2.75, 3.05) is 0 Å². The van der Waals surface area contributed by atoms with Gasteiger partial charge in [0.1, 0.15) is 0 Å². The van der Waals surface area contributed by atoms with Crippen molar-refractivity contribution in [3.8, 4) is 43.1 Å². The van der Waals surface area contributed by atoms with Crippen molar-refractivity contribution in [2.24, 2.45) is 0 Å². The molecule has 0 unspecified atom stereocenters. The van der Waals surface area contributed by atoms with Crippen LogP contribution in [-0.2, 0) is 0 Å². The van der Waals surface area contributed by atoms with Crippen LogP contribution < -0.4 is 0 Å². The predicted octanol–water partition coefficient (Wildman–Crippen LogP) is 11.9. The summed E-state index contributed by atoms with van der Waals surface area (Å²) < 4.78 is 2.67. The number of hydrogen-bond acceptors (Lipinski definition) is 2. The molecule has 0 amide bonds. The lowest BCUT2D eigenvalue weighted by molar-refractivity contribution is 1.62. The van der Waals surface area contributed by atoms with Gasteiger partial charge in [-0.05, 0) is 39.9 Å². The average molecular weight is 545 g/mol. The number of benzene rings is 6. The molecule has 0 saturated carbocycles. The number of rotatable bonds is 4. The molecule has 0 atom stereocenters. The molecule has 2 aromatic heterocycles. The lowest BCUT2D eigenvalue weighted by Gasteiger charge is -2.09. The maximum atomic E-state index is 2.40. The molecule has 2 heteroatoms. The van der Waals surface area contributed by atoms with E-state index in [2.05, 4.69) is 146 Å². The zero-order valence-corrected chi connectivity index (χ0v) is 23.3. The van der Waals surface area contributed by atoms with Gasteiger partial charge in [-0.25, -0.2) is 0 Å². The van der Waals surface area contributed by atoms with Crippen molar-refractivity contribution >= 4 is 53.6 Å². The molecular formula is C38H24S2. The van der Waals surface area contributed by atoms with E-state index in [9.17, 15) is 0 Å². The van der Waals surface area contributed by atoms with E-state index < -0.39 is 0 Å². The predicted molar refractivity (Wildman–Crippen MR) is 176 cm³/mol. The summed E-state index contributed by atoms with van der Waals surface area (Å²) in [7, 11) is 0. The van der Waals surface area contributed by atoms with Crippen LogP contribution in [-0.4, -0.2) is 0 Å². The molecule has 0 aliphatic rings. The second kappa shape index (κ2) is 9.60. The highest BCUT2D eigenvalue weighted by atomic mass is 32.1. The Kier molecular flexibility index (Phi) is 5.62. The van der Waals surface area contributed by atoms with E-state index in [1.807, 2.05) is 22.7 Å². The minimum Gasteiger partial charge on any atom is -0.135 e. The summed E-state index contributed by atoms with van der Waals surface area (Å²) in [6.07, 6.45) is 0. The Balaban J connectivity index is 1.29. The van der Waals surface area contributed by atoms with Crippen LogP contribution in [0.15, 0.2) is 146 Å². The van der Waals surface area contributed by atoms with Crippen LogP contribution in [0, 0.1) is 0 Å². The lowest BCUT2D eigenvalue weighted by Crippen LogP contribution is -1.82. The second-order valence-corrected chi connectivity index (χ2v) is 12.2. The molecule has 0 aliphatic heterocycles. The SMILES string of the molecule is c1ccc(-c2ccc3c(c2)sc2cc(-c4sc(-c5ccccc5-c5ccccc5)c5ccccc45)ccc23)cc1. The molecule has 0 fully saturated rings. The van der Waals surface area contributed by atoms with E-state index in [1.54, 1.807) is 0 Å². The minimum atomic E-state index is 1.25.